The van der Waals surface area contributed by atoms with Gasteiger partial charge in [0, 0.05) is 18.2 Å². The van der Waals surface area contributed by atoms with E-state index in [0.717, 1.165) is 17.5 Å². The van der Waals surface area contributed by atoms with E-state index in [1.54, 1.807) is 0 Å². The summed E-state index contributed by atoms with van der Waals surface area (Å²) in [6.45, 7) is 2.00. The third kappa shape index (κ3) is 4.69. The number of carbonyl (C=O) groups is 1. The Bertz CT molecular complexity index is 489. The number of Topliss-reactive ketones (excluding diaryl/α,β-unsaturated/α-hetero) is 1. The molecule has 0 fully saturated rings. The quantitative estimate of drug-likeness (QED) is 0.732. The van der Waals surface area contributed by atoms with Crippen molar-refractivity contribution in [2.45, 2.75) is 26.2 Å². The maximum absolute atomic E-state index is 11.9. The van der Waals surface area contributed by atoms with Gasteiger partial charge in [-0.1, -0.05) is 31.2 Å². The second-order valence-corrected chi connectivity index (χ2v) is 6.43. The number of benzene rings is 1. The first kappa shape index (κ1) is 13.9. The Morgan fingerprint density at radius 1 is 1.24 bits per heavy atom. The molecule has 0 aliphatic rings. The van der Waals surface area contributed by atoms with E-state index >= 15 is 0 Å². The highest BCUT2D eigenvalue weighted by Gasteiger charge is 2.11. The van der Waals surface area contributed by atoms with Crippen LogP contribution in [0.4, 0.5) is 0 Å². The summed E-state index contributed by atoms with van der Waals surface area (Å²) >= 11 is 0. The zero-order chi connectivity index (χ0) is 12.9. The van der Waals surface area contributed by atoms with Gasteiger partial charge in [0.05, 0.1) is 5.75 Å². The minimum Gasteiger partial charge on any atom is -0.294 e. The fourth-order valence-electron chi connectivity index (χ4n) is 1.73. The molecule has 0 spiro atoms. The maximum Gasteiger partial charge on any atom is 0.163 e. The Kier molecular flexibility index (Phi) is 4.87. The molecule has 0 saturated heterocycles. The molecule has 0 aliphatic heterocycles. The second kappa shape index (κ2) is 5.96. The van der Waals surface area contributed by atoms with Gasteiger partial charge in [0.25, 0.3) is 0 Å². The lowest BCUT2D eigenvalue weighted by Crippen LogP contribution is -2.08. The highest BCUT2D eigenvalue weighted by atomic mass is 32.2. The van der Waals surface area contributed by atoms with Crippen molar-refractivity contribution in [3.63, 3.8) is 0 Å². The van der Waals surface area contributed by atoms with Crippen molar-refractivity contribution >= 4 is 15.6 Å². The molecule has 0 aromatic heterocycles. The summed E-state index contributed by atoms with van der Waals surface area (Å²) in [7, 11) is -2.97. The van der Waals surface area contributed by atoms with Crippen molar-refractivity contribution in [1.82, 2.24) is 0 Å². The van der Waals surface area contributed by atoms with Crippen LogP contribution in [0.1, 0.15) is 35.7 Å². The zero-order valence-electron chi connectivity index (χ0n) is 10.3. The van der Waals surface area contributed by atoms with Crippen LogP contribution in [0.15, 0.2) is 24.3 Å². The van der Waals surface area contributed by atoms with Crippen LogP contribution in [0.5, 0.6) is 0 Å². The van der Waals surface area contributed by atoms with Gasteiger partial charge < -0.3 is 0 Å². The van der Waals surface area contributed by atoms with Crippen LogP contribution in [0.3, 0.4) is 0 Å². The molecule has 0 radical (unpaired) electrons. The van der Waals surface area contributed by atoms with Crippen LogP contribution in [-0.2, 0) is 16.3 Å². The lowest BCUT2D eigenvalue weighted by Gasteiger charge is -2.06. The third-order valence-corrected chi connectivity index (χ3v) is 3.65. The zero-order valence-corrected chi connectivity index (χ0v) is 11.1. The van der Waals surface area contributed by atoms with E-state index < -0.39 is 9.84 Å². The second-order valence-electron chi connectivity index (χ2n) is 4.17. The van der Waals surface area contributed by atoms with Crippen LogP contribution in [0.2, 0.25) is 0 Å². The number of ketones is 1. The van der Waals surface area contributed by atoms with E-state index in [4.69, 9.17) is 0 Å². The first-order valence-corrected chi connectivity index (χ1v) is 7.79. The normalized spacial score (nSPS) is 11.4. The van der Waals surface area contributed by atoms with E-state index in [1.165, 1.54) is 6.26 Å². The standard InChI is InChI=1S/C13H18O3S/c1-3-11-7-4-5-8-12(11)13(14)9-6-10-17(2,15)16/h4-5,7-8H,3,6,9-10H2,1-2H3. The monoisotopic (exact) mass is 254 g/mol. The molecule has 4 heteroatoms. The van der Waals surface area contributed by atoms with Crippen molar-refractivity contribution in [1.29, 1.82) is 0 Å². The third-order valence-electron chi connectivity index (χ3n) is 2.62. The van der Waals surface area contributed by atoms with E-state index in [2.05, 4.69) is 0 Å². The predicted molar refractivity (Wildman–Crippen MR) is 69.1 cm³/mol. The van der Waals surface area contributed by atoms with Crippen LogP contribution < -0.4 is 0 Å². The number of carbonyl (C=O) groups excluding carboxylic acids is 1. The summed E-state index contributed by atoms with van der Waals surface area (Å²) in [5.41, 5.74) is 1.75. The largest absolute Gasteiger partial charge is 0.294 e. The van der Waals surface area contributed by atoms with Crippen LogP contribution in [0.25, 0.3) is 0 Å². The number of hydrogen-bond donors (Lipinski definition) is 0. The van der Waals surface area contributed by atoms with Gasteiger partial charge in [-0.25, -0.2) is 8.42 Å². The molecule has 94 valence electrons. The SMILES string of the molecule is CCc1ccccc1C(=O)CCCS(C)(=O)=O. The summed E-state index contributed by atoms with van der Waals surface area (Å²) in [5, 5.41) is 0. The minimum atomic E-state index is -2.97. The molecule has 0 N–H and O–H groups in total. The summed E-state index contributed by atoms with van der Waals surface area (Å²) in [6, 6.07) is 7.49. The molecule has 0 heterocycles. The molecule has 1 aromatic carbocycles. The molecular weight excluding hydrogens is 236 g/mol. The molecule has 17 heavy (non-hydrogen) atoms. The average Bonchev–Trinajstić information content (AvgIpc) is 2.27. The average molecular weight is 254 g/mol. The first-order chi connectivity index (χ1) is 7.94. The van der Waals surface area contributed by atoms with Gasteiger partial charge >= 0.3 is 0 Å². The van der Waals surface area contributed by atoms with Crippen molar-refractivity contribution in [3.8, 4) is 0 Å². The van der Waals surface area contributed by atoms with E-state index in [0.29, 0.717) is 12.8 Å². The smallest absolute Gasteiger partial charge is 0.163 e. The summed E-state index contributed by atoms with van der Waals surface area (Å²) in [5.74, 6) is 0.110. The van der Waals surface area contributed by atoms with E-state index in [1.807, 2.05) is 31.2 Å². The molecule has 3 nitrogen and oxygen atoms in total. The van der Waals surface area contributed by atoms with Crippen molar-refractivity contribution in [2.24, 2.45) is 0 Å². The van der Waals surface area contributed by atoms with Gasteiger partial charge in [0.15, 0.2) is 5.78 Å². The number of aryl methyl sites for hydroxylation is 1. The van der Waals surface area contributed by atoms with E-state index in [9.17, 15) is 13.2 Å². The molecule has 1 aromatic rings. The van der Waals surface area contributed by atoms with Gasteiger partial charge in [-0.15, -0.1) is 0 Å². The molecule has 1 rings (SSSR count). The first-order valence-electron chi connectivity index (χ1n) is 5.73. The van der Waals surface area contributed by atoms with Crippen molar-refractivity contribution in [2.75, 3.05) is 12.0 Å². The predicted octanol–water partition coefficient (Wildman–Crippen LogP) is 2.26. The van der Waals surface area contributed by atoms with Crippen molar-refractivity contribution < 1.29 is 13.2 Å². The number of rotatable bonds is 6. The Morgan fingerprint density at radius 2 is 1.88 bits per heavy atom. The minimum absolute atomic E-state index is 0.0334. The van der Waals surface area contributed by atoms with Gasteiger partial charge in [0.2, 0.25) is 0 Å². The number of hydrogen-bond acceptors (Lipinski definition) is 3. The molecule has 0 saturated carbocycles. The fraction of sp³-hybridized carbons (Fsp3) is 0.462. The molecular formula is C13H18O3S. The summed E-state index contributed by atoms with van der Waals surface area (Å²) in [6.07, 6.45) is 2.70. The highest BCUT2D eigenvalue weighted by molar-refractivity contribution is 7.90. The Morgan fingerprint density at radius 3 is 2.47 bits per heavy atom. The maximum atomic E-state index is 11.9. The van der Waals surface area contributed by atoms with Crippen LogP contribution in [0, 0.1) is 0 Å². The molecule has 0 bridgehead atoms. The Labute approximate surface area is 103 Å². The Hall–Kier alpha value is -1.16. The van der Waals surface area contributed by atoms with Gasteiger partial charge in [-0.05, 0) is 18.4 Å². The van der Waals surface area contributed by atoms with Crippen LogP contribution >= 0.6 is 0 Å². The number of sulfone groups is 1. The molecule has 0 amide bonds. The summed E-state index contributed by atoms with van der Waals surface area (Å²) in [4.78, 5) is 11.9. The topological polar surface area (TPSA) is 51.2 Å². The molecule has 0 unspecified atom stereocenters. The lowest BCUT2D eigenvalue weighted by atomic mass is 9.99. The van der Waals surface area contributed by atoms with Gasteiger partial charge in [-0.3, -0.25) is 4.79 Å². The molecule has 0 aliphatic carbocycles. The summed E-state index contributed by atoms with van der Waals surface area (Å²) < 4.78 is 21.9. The van der Waals surface area contributed by atoms with Crippen LogP contribution in [-0.4, -0.2) is 26.2 Å². The van der Waals surface area contributed by atoms with E-state index in [-0.39, 0.29) is 11.5 Å². The van der Waals surface area contributed by atoms with Gasteiger partial charge in [-0.2, -0.15) is 0 Å². The Balaban J connectivity index is 2.64. The fourth-order valence-corrected chi connectivity index (χ4v) is 2.40. The highest BCUT2D eigenvalue weighted by Crippen LogP contribution is 2.13. The lowest BCUT2D eigenvalue weighted by molar-refractivity contribution is 0.0981. The molecule has 0 atom stereocenters. The van der Waals surface area contributed by atoms with Crippen molar-refractivity contribution in [3.05, 3.63) is 35.4 Å². The van der Waals surface area contributed by atoms with Gasteiger partial charge in [0.1, 0.15) is 9.84 Å².